The van der Waals surface area contributed by atoms with E-state index >= 15 is 0 Å². The highest BCUT2D eigenvalue weighted by Gasteiger charge is 2.58. The zero-order valence-electron chi connectivity index (χ0n) is 38.3. The second-order valence-electron chi connectivity index (χ2n) is 18.6. The molecule has 0 bridgehead atoms. The van der Waals surface area contributed by atoms with E-state index in [2.05, 4.69) is 0 Å². The number of aliphatic hydroxyl groups excluding tert-OH is 18. The van der Waals surface area contributed by atoms with Gasteiger partial charge in [-0.05, 0) is 0 Å². The Hall–Kier alpha value is -1.32. The van der Waals surface area contributed by atoms with E-state index in [1.807, 2.05) is 0 Å². The van der Waals surface area contributed by atoms with Crippen LogP contribution in [0.25, 0.3) is 0 Å². The van der Waals surface area contributed by atoms with Crippen LogP contribution in [0.4, 0.5) is 0 Å². The van der Waals surface area contributed by atoms with Crippen molar-refractivity contribution in [3.63, 3.8) is 0 Å². The summed E-state index contributed by atoms with van der Waals surface area (Å²) in [5.41, 5.74) is 0. The Morgan fingerprint density at radius 2 is 0.589 bits per heavy atom. The van der Waals surface area contributed by atoms with E-state index in [1.54, 1.807) is 0 Å². The highest BCUT2D eigenvalue weighted by molar-refractivity contribution is 4.98. The maximum atomic E-state index is 11.4. The molecule has 18 N–H and O–H groups in total. The van der Waals surface area contributed by atoms with Gasteiger partial charge in [0.15, 0.2) is 50.3 Å². The summed E-state index contributed by atoms with van der Waals surface area (Å²) < 4.78 is 87.2. The van der Waals surface area contributed by atoms with E-state index in [0.29, 0.717) is 0 Å². The fourth-order valence-corrected chi connectivity index (χ4v) is 9.42. The van der Waals surface area contributed by atoms with Gasteiger partial charge in [0.1, 0.15) is 146 Å². The molecule has 0 aromatic rings. The van der Waals surface area contributed by atoms with E-state index in [0.717, 1.165) is 0 Å². The first-order valence-corrected chi connectivity index (χ1v) is 23.4. The first-order chi connectivity index (χ1) is 34.8. The van der Waals surface area contributed by atoms with Crippen molar-refractivity contribution in [2.45, 2.75) is 197 Å². The Balaban J connectivity index is 1.10. The van der Waals surface area contributed by atoms with Crippen LogP contribution in [-0.4, -0.2) is 342 Å². The molecule has 0 aromatic heterocycles. The van der Waals surface area contributed by atoms with Crippen LogP contribution in [0.5, 0.6) is 0 Å². The predicted octanol–water partition coefficient (Wildman–Crippen LogP) is -13.3. The van der Waals surface area contributed by atoms with Crippen LogP contribution in [0.1, 0.15) is 0 Å². The lowest BCUT2D eigenvalue weighted by atomic mass is 10.0. The molecule has 8 rings (SSSR count). The van der Waals surface area contributed by atoms with Gasteiger partial charge in [-0.15, -0.1) is 0 Å². The van der Waals surface area contributed by atoms with Crippen molar-refractivity contribution in [2.75, 3.05) is 52.9 Å². The molecule has 8 heterocycles. The number of ether oxygens (including phenoxy) is 15. The fraction of sp³-hybridized carbons (Fsp3) is 1.00. The summed E-state index contributed by atoms with van der Waals surface area (Å²) in [6.07, 6.45) is -56.0. The number of hydrogen-bond donors (Lipinski definition) is 18. The van der Waals surface area contributed by atoms with Crippen LogP contribution >= 0.6 is 0 Å². The van der Waals surface area contributed by atoms with Crippen molar-refractivity contribution in [3.05, 3.63) is 0 Å². The molecule has 8 aliphatic heterocycles. The molecule has 8 aliphatic rings. The maximum absolute atomic E-state index is 11.4. The Kier molecular flexibility index (Phi) is 19.6. The third-order valence-electron chi connectivity index (χ3n) is 13.8. The fourth-order valence-electron chi connectivity index (χ4n) is 9.42. The summed E-state index contributed by atoms with van der Waals surface area (Å²) in [4.78, 5) is 0. The molecule has 0 saturated carbocycles. The summed E-state index contributed by atoms with van der Waals surface area (Å²) in [5, 5.41) is 190. The van der Waals surface area contributed by atoms with Crippen molar-refractivity contribution in [1.82, 2.24) is 0 Å². The standard InChI is InChI=1S/C40H66O33/c41-1-10-17(46)25(54)35(63-10)70-29-9(45)5-60-39(31(29)72-37-27(56)19(48)12(3-43)65-37)69-16-8-62-40(68-15-7-61-34(24(53)22(15)51)67-14-6-59-33(58)23(52)21(14)50)32(73-38-28(57)20(49)13(4-44)66-38)30(16)71-36-26(55)18(47)11(2-42)64-36/h9-58H,1-8H2/t9-,10+,11+,12+,13+,14-,15-,16-,17+,18+,19+,20+,21-,22+,23-,24-,25-,26-,27-,28-,29+,30+,31-,32-,33?,34+,35+,36+,37+,38+,39+,40+/m1/s1. The number of aliphatic hydroxyl groups is 18. The predicted molar refractivity (Wildman–Crippen MR) is 216 cm³/mol. The molecular formula is C40H66O33. The molecule has 0 aliphatic carbocycles. The Labute approximate surface area is 412 Å². The SMILES string of the molecule is OC[C@@H]1O[C@@H](O[C@@H]2[C@@H](O[C@@H]3O[C@@H](CO)[C@H](O)[C@H]3O)[C@H](O[C@@H]3CO[C@@H](O[C@@H]4CO[C@@H](O[C@@H]5COC(O)[C@H](O)[C@@H]5O)[C@H](O)[C@H]4O)[C@H](O[C@@H]4O[C@@H](CO)[C@H](O)[C@H]4O)[C@H]3O[C@@H]3O[C@@H](CO)[C@H](O)[C@H]3O)OC[C@H]2O)[C@H](O)[C@H]1O. The van der Waals surface area contributed by atoms with Gasteiger partial charge >= 0.3 is 0 Å². The second kappa shape index (κ2) is 24.8. The van der Waals surface area contributed by atoms with Gasteiger partial charge in [-0.25, -0.2) is 0 Å². The zero-order chi connectivity index (χ0) is 52.7. The molecular weight excluding hydrogens is 1010 g/mol. The summed E-state index contributed by atoms with van der Waals surface area (Å²) in [6, 6.07) is 0. The number of hydrogen-bond acceptors (Lipinski definition) is 33. The Morgan fingerprint density at radius 1 is 0.274 bits per heavy atom. The molecule has 32 atom stereocenters. The van der Waals surface area contributed by atoms with Crippen LogP contribution in [-0.2, 0) is 71.1 Å². The molecule has 73 heavy (non-hydrogen) atoms. The van der Waals surface area contributed by atoms with Crippen molar-refractivity contribution < 1.29 is 163 Å². The van der Waals surface area contributed by atoms with Crippen molar-refractivity contribution in [3.8, 4) is 0 Å². The van der Waals surface area contributed by atoms with E-state index in [1.165, 1.54) is 0 Å². The van der Waals surface area contributed by atoms with E-state index < -0.39 is 250 Å². The normalized spacial score (nSPS) is 53.8. The maximum Gasteiger partial charge on any atom is 0.187 e. The van der Waals surface area contributed by atoms with Gasteiger partial charge in [0.25, 0.3) is 0 Å². The first-order valence-electron chi connectivity index (χ1n) is 23.4. The quantitative estimate of drug-likeness (QED) is 0.0606. The zero-order valence-corrected chi connectivity index (χ0v) is 38.3. The average molecular weight is 1070 g/mol. The van der Waals surface area contributed by atoms with Crippen LogP contribution in [0.15, 0.2) is 0 Å². The van der Waals surface area contributed by atoms with Gasteiger partial charge in [0, 0.05) is 0 Å². The molecule has 0 radical (unpaired) electrons. The van der Waals surface area contributed by atoms with Crippen molar-refractivity contribution >= 4 is 0 Å². The molecule has 8 saturated heterocycles. The summed E-state index contributed by atoms with van der Waals surface area (Å²) in [5.74, 6) is 0. The molecule has 33 nitrogen and oxygen atoms in total. The molecule has 0 amide bonds. The summed E-state index contributed by atoms with van der Waals surface area (Å²) in [6.45, 7) is -5.76. The van der Waals surface area contributed by atoms with E-state index in [-0.39, 0.29) is 0 Å². The lowest BCUT2D eigenvalue weighted by Gasteiger charge is -2.48. The van der Waals surface area contributed by atoms with Gasteiger partial charge in [0.2, 0.25) is 0 Å². The minimum Gasteiger partial charge on any atom is -0.394 e. The molecule has 1 unspecified atom stereocenters. The molecule has 8 fully saturated rings. The van der Waals surface area contributed by atoms with Crippen LogP contribution in [0.3, 0.4) is 0 Å². The smallest absolute Gasteiger partial charge is 0.187 e. The van der Waals surface area contributed by atoms with Crippen LogP contribution in [0, 0.1) is 0 Å². The minimum absolute atomic E-state index is 0.470. The first kappa shape index (κ1) is 57.8. The van der Waals surface area contributed by atoms with Gasteiger partial charge in [-0.3, -0.25) is 0 Å². The monoisotopic (exact) mass is 1070 g/mol. The average Bonchev–Trinajstić information content (AvgIpc) is 4.02. The van der Waals surface area contributed by atoms with Gasteiger partial charge in [-0.2, -0.15) is 0 Å². The lowest BCUT2D eigenvalue weighted by molar-refractivity contribution is -0.391. The summed E-state index contributed by atoms with van der Waals surface area (Å²) >= 11 is 0. The third-order valence-corrected chi connectivity index (χ3v) is 13.8. The number of rotatable bonds is 18. The van der Waals surface area contributed by atoms with E-state index in [9.17, 15) is 91.9 Å². The van der Waals surface area contributed by atoms with Crippen molar-refractivity contribution in [1.29, 1.82) is 0 Å². The topological polar surface area (TPSA) is 503 Å². The highest BCUT2D eigenvalue weighted by atomic mass is 16.8. The summed E-state index contributed by atoms with van der Waals surface area (Å²) in [7, 11) is 0. The minimum atomic E-state index is -1.98. The molecule has 33 heteroatoms. The van der Waals surface area contributed by atoms with Gasteiger partial charge in [0.05, 0.1) is 52.9 Å². The Morgan fingerprint density at radius 3 is 1.03 bits per heavy atom. The largest absolute Gasteiger partial charge is 0.394 e. The molecule has 0 aromatic carbocycles. The van der Waals surface area contributed by atoms with Crippen LogP contribution < -0.4 is 0 Å². The lowest BCUT2D eigenvalue weighted by Crippen LogP contribution is -2.65. The van der Waals surface area contributed by atoms with Crippen molar-refractivity contribution in [2.24, 2.45) is 0 Å². The van der Waals surface area contributed by atoms with Crippen LogP contribution in [0.2, 0.25) is 0 Å². The highest BCUT2D eigenvalue weighted by Crippen LogP contribution is 2.38. The van der Waals surface area contributed by atoms with E-state index in [4.69, 9.17) is 71.1 Å². The van der Waals surface area contributed by atoms with Gasteiger partial charge < -0.3 is 163 Å². The van der Waals surface area contributed by atoms with Gasteiger partial charge in [-0.1, -0.05) is 0 Å². The molecule has 0 spiro atoms. The Bertz CT molecular complexity index is 1710. The second-order valence-corrected chi connectivity index (χ2v) is 18.6. The third kappa shape index (κ3) is 12.0. The molecule has 424 valence electrons.